The predicted molar refractivity (Wildman–Crippen MR) is 128 cm³/mol. The Morgan fingerprint density at radius 2 is 1.97 bits per heavy atom. The molecule has 0 saturated carbocycles. The van der Waals surface area contributed by atoms with Gasteiger partial charge in [-0.25, -0.2) is 4.98 Å². The van der Waals surface area contributed by atoms with E-state index in [1.54, 1.807) is 16.0 Å². The van der Waals surface area contributed by atoms with E-state index in [0.717, 1.165) is 39.6 Å². The van der Waals surface area contributed by atoms with E-state index in [4.69, 9.17) is 0 Å². The van der Waals surface area contributed by atoms with Crippen molar-refractivity contribution in [1.29, 1.82) is 0 Å². The topological polar surface area (TPSA) is 76.8 Å². The number of fused-ring (bicyclic) bond motifs is 1. The first kappa shape index (κ1) is 20.8. The number of nitrogens with zero attached hydrogens (tertiary/aromatic N) is 6. The maximum atomic E-state index is 13.0. The lowest BCUT2D eigenvalue weighted by Crippen LogP contribution is -2.30. The Bertz CT molecular complexity index is 1310. The molecule has 0 fully saturated rings. The minimum atomic E-state index is 0.0566. The molecule has 32 heavy (non-hydrogen) atoms. The Labute approximate surface area is 194 Å². The van der Waals surface area contributed by atoms with Crippen LogP contribution in [0.2, 0.25) is 0 Å². The third-order valence-electron chi connectivity index (χ3n) is 5.54. The van der Waals surface area contributed by atoms with Gasteiger partial charge in [0, 0.05) is 23.2 Å². The zero-order chi connectivity index (χ0) is 22.2. The first-order valence-corrected chi connectivity index (χ1v) is 12.2. The number of amides is 1. The summed E-state index contributed by atoms with van der Waals surface area (Å²) in [6, 6.07) is 12.4. The normalized spacial score (nSPS) is 12.9. The molecule has 0 aliphatic carbocycles. The second kappa shape index (κ2) is 8.48. The van der Waals surface area contributed by atoms with Gasteiger partial charge in [-0.05, 0) is 66.9 Å². The highest BCUT2D eigenvalue weighted by Crippen LogP contribution is 2.33. The van der Waals surface area contributed by atoms with E-state index >= 15 is 0 Å². The minimum Gasteiger partial charge on any atom is -0.311 e. The molecule has 7 nitrogen and oxygen atoms in total. The monoisotopic (exact) mass is 462 g/mol. The molecule has 2 aromatic carbocycles. The van der Waals surface area contributed by atoms with Crippen LogP contribution in [0.15, 0.2) is 46.9 Å². The van der Waals surface area contributed by atoms with Crippen molar-refractivity contribution in [3.63, 3.8) is 0 Å². The molecule has 0 N–H and O–H groups in total. The number of carbonyl (C=O) groups is 1. The Balaban J connectivity index is 1.30. The summed E-state index contributed by atoms with van der Waals surface area (Å²) in [6.45, 7) is 6.79. The molecule has 1 aliphatic rings. The number of anilines is 1. The Morgan fingerprint density at radius 3 is 2.75 bits per heavy atom. The largest absolute Gasteiger partial charge is 0.311 e. The maximum absolute atomic E-state index is 13.0. The van der Waals surface area contributed by atoms with Crippen molar-refractivity contribution in [3.05, 3.63) is 63.5 Å². The molecule has 4 aromatic rings. The van der Waals surface area contributed by atoms with E-state index in [0.29, 0.717) is 11.7 Å². The number of thiazole rings is 1. The highest BCUT2D eigenvalue weighted by atomic mass is 32.2. The summed E-state index contributed by atoms with van der Waals surface area (Å²) in [5.41, 5.74) is 7.46. The molecular formula is C23H22N6OS2. The smallest absolute Gasteiger partial charge is 0.237 e. The van der Waals surface area contributed by atoms with Crippen LogP contribution in [0.1, 0.15) is 21.7 Å². The van der Waals surface area contributed by atoms with Crippen LogP contribution < -0.4 is 4.90 Å². The van der Waals surface area contributed by atoms with Gasteiger partial charge in [-0.1, -0.05) is 35.5 Å². The summed E-state index contributed by atoms with van der Waals surface area (Å²) in [5, 5.41) is 15.8. The Hall–Kier alpha value is -3.04. The molecule has 9 heteroatoms. The average Bonchev–Trinajstić information content (AvgIpc) is 3.51. The van der Waals surface area contributed by atoms with Crippen molar-refractivity contribution in [2.24, 2.45) is 0 Å². The number of aromatic nitrogens is 5. The Morgan fingerprint density at radius 1 is 1.12 bits per heavy atom. The molecule has 2 aromatic heterocycles. The predicted octanol–water partition coefficient (Wildman–Crippen LogP) is 4.39. The molecule has 0 radical (unpaired) electrons. The summed E-state index contributed by atoms with van der Waals surface area (Å²) in [7, 11) is 0. The number of carbonyl (C=O) groups excluding carboxylic acids is 1. The van der Waals surface area contributed by atoms with E-state index in [9.17, 15) is 4.79 Å². The summed E-state index contributed by atoms with van der Waals surface area (Å²) in [4.78, 5) is 19.5. The Kier molecular flexibility index (Phi) is 5.52. The summed E-state index contributed by atoms with van der Waals surface area (Å²) < 4.78 is 1.70. The van der Waals surface area contributed by atoms with Gasteiger partial charge in [-0.3, -0.25) is 4.79 Å². The fraction of sp³-hybridized carbons (Fsp3) is 0.261. The van der Waals surface area contributed by atoms with Crippen molar-refractivity contribution in [1.82, 2.24) is 25.2 Å². The third kappa shape index (κ3) is 3.93. The van der Waals surface area contributed by atoms with Gasteiger partial charge in [0.1, 0.15) is 0 Å². The number of benzene rings is 2. The van der Waals surface area contributed by atoms with Crippen LogP contribution >= 0.6 is 23.1 Å². The number of hydrogen-bond donors (Lipinski definition) is 0. The molecule has 1 amide bonds. The van der Waals surface area contributed by atoms with Gasteiger partial charge in [-0.15, -0.1) is 16.4 Å². The standard InChI is InChI=1S/C23H22N6OS2/c1-14-4-6-20(15(2)10-14)29-23(25-26-27-29)32-13-22(30)28-9-8-18-11-17(5-7-21(18)28)19-12-31-16(3)24-19/h4-7,10-12H,8-9,13H2,1-3H3. The van der Waals surface area contributed by atoms with Crippen LogP contribution in [0.3, 0.4) is 0 Å². The van der Waals surface area contributed by atoms with Crippen LogP contribution in [0, 0.1) is 20.8 Å². The van der Waals surface area contributed by atoms with E-state index in [1.165, 1.54) is 22.9 Å². The van der Waals surface area contributed by atoms with Crippen LogP contribution in [-0.2, 0) is 11.2 Å². The van der Waals surface area contributed by atoms with Gasteiger partial charge in [0.05, 0.1) is 22.1 Å². The van der Waals surface area contributed by atoms with Gasteiger partial charge in [0.15, 0.2) is 0 Å². The highest BCUT2D eigenvalue weighted by molar-refractivity contribution is 7.99. The fourth-order valence-corrected chi connectivity index (χ4v) is 5.37. The maximum Gasteiger partial charge on any atom is 0.237 e. The first-order chi connectivity index (χ1) is 15.5. The van der Waals surface area contributed by atoms with Gasteiger partial charge < -0.3 is 4.90 Å². The lowest BCUT2D eigenvalue weighted by atomic mass is 10.1. The van der Waals surface area contributed by atoms with Gasteiger partial charge in [0.25, 0.3) is 0 Å². The van der Waals surface area contributed by atoms with Crippen molar-refractivity contribution in [2.75, 3.05) is 17.2 Å². The summed E-state index contributed by atoms with van der Waals surface area (Å²) in [6.07, 6.45) is 0.850. The number of rotatable bonds is 5. The van der Waals surface area contributed by atoms with E-state index in [1.807, 2.05) is 43.0 Å². The number of hydrogen-bond acceptors (Lipinski definition) is 7. The quantitative estimate of drug-likeness (QED) is 0.409. The number of aryl methyl sites for hydroxylation is 3. The molecule has 162 valence electrons. The second-order valence-electron chi connectivity index (χ2n) is 7.84. The SMILES string of the molecule is Cc1ccc(-n2nnnc2SCC(=O)N2CCc3cc(-c4csc(C)n4)ccc32)c(C)c1. The van der Waals surface area contributed by atoms with Gasteiger partial charge >= 0.3 is 0 Å². The molecule has 1 aliphatic heterocycles. The van der Waals surface area contributed by atoms with Crippen molar-refractivity contribution in [2.45, 2.75) is 32.3 Å². The molecular weight excluding hydrogens is 440 g/mol. The fourth-order valence-electron chi connectivity index (χ4n) is 3.98. The number of thioether (sulfide) groups is 1. The minimum absolute atomic E-state index is 0.0566. The van der Waals surface area contributed by atoms with Crippen molar-refractivity contribution >= 4 is 34.7 Å². The van der Waals surface area contributed by atoms with Crippen LogP contribution in [0.25, 0.3) is 16.9 Å². The lowest BCUT2D eigenvalue weighted by Gasteiger charge is -2.17. The average molecular weight is 463 g/mol. The molecule has 0 unspecified atom stereocenters. The van der Waals surface area contributed by atoms with E-state index < -0.39 is 0 Å². The van der Waals surface area contributed by atoms with E-state index in [2.05, 4.69) is 44.9 Å². The lowest BCUT2D eigenvalue weighted by molar-refractivity contribution is -0.116. The van der Waals surface area contributed by atoms with Crippen LogP contribution in [-0.4, -0.2) is 43.4 Å². The summed E-state index contributed by atoms with van der Waals surface area (Å²) >= 11 is 3.01. The molecule has 0 bridgehead atoms. The zero-order valence-corrected chi connectivity index (χ0v) is 19.7. The second-order valence-corrected chi connectivity index (χ2v) is 9.85. The molecule has 0 spiro atoms. The first-order valence-electron chi connectivity index (χ1n) is 10.3. The third-order valence-corrected chi connectivity index (χ3v) is 7.21. The van der Waals surface area contributed by atoms with Crippen LogP contribution in [0.5, 0.6) is 0 Å². The van der Waals surface area contributed by atoms with E-state index in [-0.39, 0.29) is 11.7 Å². The van der Waals surface area contributed by atoms with Crippen LogP contribution in [0.4, 0.5) is 5.69 Å². The van der Waals surface area contributed by atoms with Gasteiger partial charge in [-0.2, -0.15) is 4.68 Å². The zero-order valence-electron chi connectivity index (χ0n) is 18.1. The summed E-state index contributed by atoms with van der Waals surface area (Å²) in [5.74, 6) is 0.332. The number of tetrazole rings is 1. The van der Waals surface area contributed by atoms with Crippen molar-refractivity contribution < 1.29 is 4.79 Å². The molecule has 5 rings (SSSR count). The molecule has 3 heterocycles. The highest BCUT2D eigenvalue weighted by Gasteiger charge is 2.26. The molecule has 0 atom stereocenters. The van der Waals surface area contributed by atoms with Crippen molar-refractivity contribution in [3.8, 4) is 16.9 Å². The molecule has 0 saturated heterocycles. The van der Waals surface area contributed by atoms with Gasteiger partial charge in [0.2, 0.25) is 11.1 Å².